The third-order valence-corrected chi connectivity index (χ3v) is 5.67. The summed E-state index contributed by atoms with van der Waals surface area (Å²) in [5.41, 5.74) is 0.139. The molecule has 2 aliphatic rings. The molecule has 0 aromatic heterocycles. The Balaban J connectivity index is 1.73. The van der Waals surface area contributed by atoms with Crippen LogP contribution in [0.5, 0.6) is 5.75 Å². The average molecular weight is 371 g/mol. The third kappa shape index (κ3) is 3.82. The van der Waals surface area contributed by atoms with E-state index in [0.29, 0.717) is 31.5 Å². The second-order valence-electron chi connectivity index (χ2n) is 7.39. The summed E-state index contributed by atoms with van der Waals surface area (Å²) in [4.78, 5) is 14.7. The number of carbonyl (C=O) groups is 1. The van der Waals surface area contributed by atoms with E-state index in [1.54, 1.807) is 4.90 Å². The van der Waals surface area contributed by atoms with Gasteiger partial charge in [-0.25, -0.2) is 0 Å². The Morgan fingerprint density at radius 1 is 1.27 bits per heavy atom. The quantitative estimate of drug-likeness (QED) is 0.860. The van der Waals surface area contributed by atoms with E-state index in [4.69, 9.17) is 0 Å². The van der Waals surface area contributed by atoms with Crippen molar-refractivity contribution in [2.75, 3.05) is 11.4 Å². The highest BCUT2D eigenvalue weighted by atomic mass is 19.4. The fraction of sp³-hybridized carbons (Fsp3) is 0.632. The van der Waals surface area contributed by atoms with E-state index in [-0.39, 0.29) is 23.7 Å². The number of rotatable bonds is 4. The van der Waals surface area contributed by atoms with Gasteiger partial charge in [0, 0.05) is 12.2 Å². The SMILES string of the molecule is CCC[C@H]1C[C@@]2(CC[C@@H]1O)CCN(c1ccc(OC(F)(F)F)cc1)C2=O. The van der Waals surface area contributed by atoms with Gasteiger partial charge in [0.2, 0.25) is 5.91 Å². The van der Waals surface area contributed by atoms with Crippen molar-refractivity contribution in [3.63, 3.8) is 0 Å². The zero-order valence-corrected chi connectivity index (χ0v) is 14.8. The highest BCUT2D eigenvalue weighted by molar-refractivity contribution is 6.00. The Labute approximate surface area is 150 Å². The van der Waals surface area contributed by atoms with Crippen LogP contribution in [0.15, 0.2) is 24.3 Å². The Bertz CT molecular complexity index is 646. The van der Waals surface area contributed by atoms with Crippen LogP contribution >= 0.6 is 0 Å². The van der Waals surface area contributed by atoms with Gasteiger partial charge in [0.1, 0.15) is 5.75 Å². The van der Waals surface area contributed by atoms with E-state index in [0.717, 1.165) is 19.3 Å². The molecule has 7 heteroatoms. The predicted octanol–water partition coefficient (Wildman–Crippen LogP) is 4.27. The number of benzene rings is 1. The summed E-state index contributed by atoms with van der Waals surface area (Å²) in [6.45, 7) is 2.62. The van der Waals surface area contributed by atoms with Crippen LogP contribution in [0, 0.1) is 11.3 Å². The van der Waals surface area contributed by atoms with Gasteiger partial charge >= 0.3 is 6.36 Å². The number of aliphatic hydroxyl groups is 1. The molecule has 26 heavy (non-hydrogen) atoms. The van der Waals surface area contributed by atoms with Gasteiger partial charge in [-0.15, -0.1) is 13.2 Å². The first kappa shape index (κ1) is 19.0. The summed E-state index contributed by atoms with van der Waals surface area (Å²) in [6, 6.07) is 5.43. The molecule has 0 unspecified atom stereocenters. The molecule has 3 atom stereocenters. The number of halogens is 3. The maximum Gasteiger partial charge on any atom is 0.573 e. The lowest BCUT2D eigenvalue weighted by Gasteiger charge is -2.39. The van der Waals surface area contributed by atoms with E-state index < -0.39 is 11.8 Å². The Morgan fingerprint density at radius 3 is 2.58 bits per heavy atom. The highest BCUT2D eigenvalue weighted by Gasteiger charge is 2.51. The molecule has 3 rings (SSSR count). The topological polar surface area (TPSA) is 49.8 Å². The van der Waals surface area contributed by atoms with Crippen molar-refractivity contribution in [3.8, 4) is 5.75 Å². The minimum absolute atomic E-state index is 0.0231. The van der Waals surface area contributed by atoms with E-state index in [1.807, 2.05) is 0 Å². The van der Waals surface area contributed by atoms with Crippen LogP contribution in [0.4, 0.5) is 18.9 Å². The van der Waals surface area contributed by atoms with Gasteiger partial charge in [0.25, 0.3) is 0 Å². The number of anilines is 1. The summed E-state index contributed by atoms with van der Waals surface area (Å²) in [5.74, 6) is -0.137. The number of hydrogen-bond donors (Lipinski definition) is 1. The molecule has 4 nitrogen and oxygen atoms in total. The summed E-state index contributed by atoms with van der Waals surface area (Å²) >= 11 is 0. The number of carbonyl (C=O) groups excluding carboxylic acids is 1. The minimum atomic E-state index is -4.73. The summed E-state index contributed by atoms with van der Waals surface area (Å²) in [7, 11) is 0. The normalized spacial score (nSPS) is 29.4. The largest absolute Gasteiger partial charge is 0.573 e. The van der Waals surface area contributed by atoms with E-state index in [2.05, 4.69) is 11.7 Å². The van der Waals surface area contributed by atoms with Gasteiger partial charge in [-0.05, 0) is 62.3 Å². The first-order valence-corrected chi connectivity index (χ1v) is 9.10. The van der Waals surface area contributed by atoms with Crippen LogP contribution < -0.4 is 9.64 Å². The lowest BCUT2D eigenvalue weighted by atomic mass is 9.66. The minimum Gasteiger partial charge on any atom is -0.406 e. The first-order valence-electron chi connectivity index (χ1n) is 9.10. The second-order valence-corrected chi connectivity index (χ2v) is 7.39. The molecule has 1 heterocycles. The number of amides is 1. The van der Waals surface area contributed by atoms with Gasteiger partial charge in [0.15, 0.2) is 0 Å². The maximum atomic E-state index is 13.1. The van der Waals surface area contributed by atoms with E-state index in [9.17, 15) is 23.1 Å². The summed E-state index contributed by atoms with van der Waals surface area (Å²) in [6.07, 6.45) is -0.503. The standard InChI is InChI=1S/C19H24F3NO3/c1-2-3-13-12-18(9-8-16(13)24)10-11-23(17(18)25)14-4-6-15(7-5-14)26-19(20,21)22/h4-7,13,16,24H,2-3,8-12H2,1H3/t13-,16-,18+/m0/s1. The summed E-state index contributed by atoms with van der Waals surface area (Å²) < 4.78 is 40.7. The van der Waals surface area contributed by atoms with Crippen LogP contribution in [0.25, 0.3) is 0 Å². The van der Waals surface area contributed by atoms with Crippen molar-refractivity contribution in [1.82, 2.24) is 0 Å². The lowest BCUT2D eigenvalue weighted by molar-refractivity contribution is -0.274. The first-order chi connectivity index (χ1) is 12.2. The molecule has 1 saturated carbocycles. The molecule has 0 radical (unpaired) electrons. The van der Waals surface area contributed by atoms with E-state index >= 15 is 0 Å². The third-order valence-electron chi connectivity index (χ3n) is 5.67. The highest BCUT2D eigenvalue weighted by Crippen LogP contribution is 2.49. The zero-order chi connectivity index (χ0) is 18.9. The Morgan fingerprint density at radius 2 is 1.96 bits per heavy atom. The molecule has 1 amide bonds. The van der Waals surface area contributed by atoms with Crippen molar-refractivity contribution in [1.29, 1.82) is 0 Å². The van der Waals surface area contributed by atoms with Crippen molar-refractivity contribution in [2.24, 2.45) is 11.3 Å². The maximum absolute atomic E-state index is 13.1. The molecule has 1 aliphatic carbocycles. The molecule has 1 aromatic carbocycles. The van der Waals surface area contributed by atoms with E-state index in [1.165, 1.54) is 24.3 Å². The molecule has 1 N–H and O–H groups in total. The smallest absolute Gasteiger partial charge is 0.406 e. The molecule has 1 spiro atoms. The van der Waals surface area contributed by atoms with Crippen molar-refractivity contribution >= 4 is 11.6 Å². The van der Waals surface area contributed by atoms with Crippen molar-refractivity contribution < 1.29 is 27.8 Å². The Kier molecular flexibility index (Phi) is 5.19. The van der Waals surface area contributed by atoms with Crippen LogP contribution in [-0.2, 0) is 4.79 Å². The predicted molar refractivity (Wildman–Crippen MR) is 90.8 cm³/mol. The van der Waals surface area contributed by atoms with Crippen molar-refractivity contribution in [3.05, 3.63) is 24.3 Å². The van der Waals surface area contributed by atoms with Crippen LogP contribution in [-0.4, -0.2) is 30.0 Å². The van der Waals surface area contributed by atoms with Gasteiger partial charge in [-0.1, -0.05) is 13.3 Å². The molecular weight excluding hydrogens is 347 g/mol. The van der Waals surface area contributed by atoms with Gasteiger partial charge in [0.05, 0.1) is 11.5 Å². The number of aliphatic hydroxyl groups excluding tert-OH is 1. The number of nitrogens with zero attached hydrogens (tertiary/aromatic N) is 1. The van der Waals surface area contributed by atoms with Crippen molar-refractivity contribution in [2.45, 2.75) is 57.9 Å². The average Bonchev–Trinajstić information content (AvgIpc) is 2.88. The fourth-order valence-electron chi connectivity index (χ4n) is 4.38. The lowest BCUT2D eigenvalue weighted by Crippen LogP contribution is -2.42. The Hall–Kier alpha value is -1.76. The monoisotopic (exact) mass is 371 g/mol. The molecule has 1 aliphatic heterocycles. The molecular formula is C19H24F3NO3. The number of hydrogen-bond acceptors (Lipinski definition) is 3. The molecule has 1 saturated heterocycles. The van der Waals surface area contributed by atoms with Gasteiger partial charge in [-0.3, -0.25) is 4.79 Å². The number of ether oxygens (including phenoxy) is 1. The molecule has 0 bridgehead atoms. The molecule has 1 aromatic rings. The van der Waals surface area contributed by atoms with Gasteiger partial charge in [-0.2, -0.15) is 0 Å². The second kappa shape index (κ2) is 7.10. The molecule has 144 valence electrons. The zero-order valence-electron chi connectivity index (χ0n) is 14.8. The van der Waals surface area contributed by atoms with Crippen LogP contribution in [0.2, 0.25) is 0 Å². The van der Waals surface area contributed by atoms with Gasteiger partial charge < -0.3 is 14.7 Å². The van der Waals surface area contributed by atoms with Crippen LogP contribution in [0.3, 0.4) is 0 Å². The fourth-order valence-corrected chi connectivity index (χ4v) is 4.38. The molecule has 2 fully saturated rings. The number of alkyl halides is 3. The van der Waals surface area contributed by atoms with Crippen LogP contribution in [0.1, 0.15) is 45.4 Å². The summed E-state index contributed by atoms with van der Waals surface area (Å²) in [5, 5.41) is 10.2.